The van der Waals surface area contributed by atoms with E-state index in [0.29, 0.717) is 29.6 Å². The number of H-pyrrole nitrogens is 1. The molecule has 1 N–H and O–H groups in total. The Morgan fingerprint density at radius 3 is 2.74 bits per heavy atom. The Morgan fingerprint density at radius 2 is 2.00 bits per heavy atom. The van der Waals surface area contributed by atoms with Crippen LogP contribution in [0.5, 0.6) is 5.75 Å². The highest BCUT2D eigenvalue weighted by Crippen LogP contribution is 2.22. The van der Waals surface area contributed by atoms with Crippen LogP contribution >= 0.6 is 0 Å². The van der Waals surface area contributed by atoms with E-state index in [1.807, 2.05) is 13.8 Å². The molecule has 2 heterocycles. The predicted octanol–water partition coefficient (Wildman–Crippen LogP) is 1.54. The molecule has 0 radical (unpaired) electrons. The second-order valence-electron chi connectivity index (χ2n) is 5.87. The standard InChI is InChI=1S/C17H20N2O4/c1-11-8-19(9-12(2)23-11)16(20)10-22-15-5-3-4-14-13(15)6-7-18-17(14)21/h3-7,11-12H,8-10H2,1-2H3,(H,18,21). The van der Waals surface area contributed by atoms with Crippen LogP contribution < -0.4 is 10.3 Å². The number of morpholine rings is 1. The Kier molecular flexibility index (Phi) is 4.34. The number of rotatable bonds is 3. The second-order valence-corrected chi connectivity index (χ2v) is 5.87. The number of nitrogens with one attached hydrogen (secondary N) is 1. The van der Waals surface area contributed by atoms with Gasteiger partial charge in [0, 0.05) is 24.7 Å². The maximum atomic E-state index is 12.3. The van der Waals surface area contributed by atoms with Crippen molar-refractivity contribution in [3.63, 3.8) is 0 Å². The van der Waals surface area contributed by atoms with Gasteiger partial charge in [-0.25, -0.2) is 0 Å². The normalized spacial score (nSPS) is 21.4. The first-order valence-corrected chi connectivity index (χ1v) is 7.71. The molecule has 0 bridgehead atoms. The number of amides is 1. The molecule has 2 unspecified atom stereocenters. The molecule has 2 atom stereocenters. The van der Waals surface area contributed by atoms with Gasteiger partial charge >= 0.3 is 0 Å². The largest absolute Gasteiger partial charge is 0.483 e. The third-order valence-corrected chi connectivity index (χ3v) is 3.90. The van der Waals surface area contributed by atoms with Crippen molar-refractivity contribution in [1.82, 2.24) is 9.88 Å². The monoisotopic (exact) mass is 316 g/mol. The number of ether oxygens (including phenoxy) is 2. The summed E-state index contributed by atoms with van der Waals surface area (Å²) < 4.78 is 11.3. The summed E-state index contributed by atoms with van der Waals surface area (Å²) in [6.07, 6.45) is 1.63. The van der Waals surface area contributed by atoms with Gasteiger partial charge in [-0.15, -0.1) is 0 Å². The maximum absolute atomic E-state index is 12.3. The fraction of sp³-hybridized carbons (Fsp3) is 0.412. The molecular weight excluding hydrogens is 296 g/mol. The van der Waals surface area contributed by atoms with Gasteiger partial charge in [-0.05, 0) is 32.0 Å². The zero-order chi connectivity index (χ0) is 16.4. The Hall–Kier alpha value is -2.34. The van der Waals surface area contributed by atoms with E-state index in [-0.39, 0.29) is 30.3 Å². The third kappa shape index (κ3) is 3.37. The van der Waals surface area contributed by atoms with Gasteiger partial charge in [0.15, 0.2) is 6.61 Å². The molecule has 1 aromatic carbocycles. The van der Waals surface area contributed by atoms with Crippen molar-refractivity contribution in [3.05, 3.63) is 40.8 Å². The molecule has 1 aromatic heterocycles. The van der Waals surface area contributed by atoms with Crippen molar-refractivity contribution in [1.29, 1.82) is 0 Å². The molecule has 1 saturated heterocycles. The molecule has 2 aromatic rings. The van der Waals surface area contributed by atoms with Crippen LogP contribution in [0, 0.1) is 0 Å². The van der Waals surface area contributed by atoms with Gasteiger partial charge in [0.1, 0.15) is 5.75 Å². The average Bonchev–Trinajstić information content (AvgIpc) is 2.52. The van der Waals surface area contributed by atoms with Crippen LogP contribution in [0.1, 0.15) is 13.8 Å². The van der Waals surface area contributed by atoms with Crippen LogP contribution in [0.25, 0.3) is 10.8 Å². The topological polar surface area (TPSA) is 71.6 Å². The molecule has 6 nitrogen and oxygen atoms in total. The van der Waals surface area contributed by atoms with Crippen LogP contribution in [0.3, 0.4) is 0 Å². The van der Waals surface area contributed by atoms with Gasteiger partial charge in [-0.3, -0.25) is 9.59 Å². The van der Waals surface area contributed by atoms with Crippen LogP contribution in [-0.2, 0) is 9.53 Å². The molecule has 1 aliphatic rings. The van der Waals surface area contributed by atoms with E-state index < -0.39 is 0 Å². The fourth-order valence-electron chi connectivity index (χ4n) is 2.93. The molecule has 0 spiro atoms. The number of benzene rings is 1. The Morgan fingerprint density at radius 1 is 1.26 bits per heavy atom. The second kappa shape index (κ2) is 6.42. The highest BCUT2D eigenvalue weighted by molar-refractivity contribution is 5.87. The summed E-state index contributed by atoms with van der Waals surface area (Å²) in [5, 5.41) is 1.25. The number of aromatic nitrogens is 1. The van der Waals surface area contributed by atoms with E-state index in [1.54, 1.807) is 35.4 Å². The first-order chi connectivity index (χ1) is 11.0. The van der Waals surface area contributed by atoms with Gasteiger partial charge in [0.05, 0.1) is 17.6 Å². The molecule has 1 amide bonds. The van der Waals surface area contributed by atoms with Gasteiger partial charge in [0.2, 0.25) is 0 Å². The lowest BCUT2D eigenvalue weighted by Crippen LogP contribution is -2.49. The number of aromatic amines is 1. The maximum Gasteiger partial charge on any atom is 0.260 e. The third-order valence-electron chi connectivity index (χ3n) is 3.90. The molecule has 122 valence electrons. The summed E-state index contributed by atoms with van der Waals surface area (Å²) >= 11 is 0. The lowest BCUT2D eigenvalue weighted by Gasteiger charge is -2.35. The number of hydrogen-bond donors (Lipinski definition) is 1. The van der Waals surface area contributed by atoms with Gasteiger partial charge in [0.25, 0.3) is 11.5 Å². The fourth-order valence-corrected chi connectivity index (χ4v) is 2.93. The van der Waals surface area contributed by atoms with E-state index in [2.05, 4.69) is 4.98 Å². The summed E-state index contributed by atoms with van der Waals surface area (Å²) in [6, 6.07) is 7.01. The summed E-state index contributed by atoms with van der Waals surface area (Å²) in [7, 11) is 0. The van der Waals surface area contributed by atoms with Crippen molar-refractivity contribution in [2.45, 2.75) is 26.1 Å². The summed E-state index contributed by atoms with van der Waals surface area (Å²) in [4.78, 5) is 28.5. The smallest absolute Gasteiger partial charge is 0.260 e. The van der Waals surface area contributed by atoms with Crippen molar-refractivity contribution in [2.24, 2.45) is 0 Å². The van der Waals surface area contributed by atoms with E-state index >= 15 is 0 Å². The number of carbonyl (C=O) groups excluding carboxylic acids is 1. The van der Waals surface area contributed by atoms with Crippen LogP contribution in [0.15, 0.2) is 35.3 Å². The number of carbonyl (C=O) groups is 1. The number of pyridine rings is 1. The van der Waals surface area contributed by atoms with Crippen molar-refractivity contribution in [3.8, 4) is 5.75 Å². The molecule has 1 fully saturated rings. The minimum absolute atomic E-state index is 0.0267. The Balaban J connectivity index is 1.72. The Bertz CT molecular complexity index is 761. The summed E-state index contributed by atoms with van der Waals surface area (Å²) in [5.41, 5.74) is -0.171. The summed E-state index contributed by atoms with van der Waals surface area (Å²) in [5.74, 6) is 0.463. The van der Waals surface area contributed by atoms with Crippen LogP contribution in [-0.4, -0.2) is 47.7 Å². The van der Waals surface area contributed by atoms with Gasteiger partial charge in [-0.2, -0.15) is 0 Å². The van der Waals surface area contributed by atoms with Crippen LogP contribution in [0.4, 0.5) is 0 Å². The number of hydrogen-bond acceptors (Lipinski definition) is 4. The number of nitrogens with zero attached hydrogens (tertiary/aromatic N) is 1. The zero-order valence-electron chi connectivity index (χ0n) is 13.2. The van der Waals surface area contributed by atoms with Crippen molar-refractivity contribution < 1.29 is 14.3 Å². The molecule has 0 aliphatic carbocycles. The first-order valence-electron chi connectivity index (χ1n) is 7.71. The molecule has 3 rings (SSSR count). The summed E-state index contributed by atoms with van der Waals surface area (Å²) in [6.45, 7) is 5.00. The van der Waals surface area contributed by atoms with Crippen LogP contribution in [0.2, 0.25) is 0 Å². The molecule has 23 heavy (non-hydrogen) atoms. The minimum Gasteiger partial charge on any atom is -0.483 e. The molecular formula is C17H20N2O4. The highest BCUT2D eigenvalue weighted by Gasteiger charge is 2.26. The van der Waals surface area contributed by atoms with Crippen molar-refractivity contribution in [2.75, 3.05) is 19.7 Å². The van der Waals surface area contributed by atoms with E-state index in [0.717, 1.165) is 0 Å². The zero-order valence-corrected chi connectivity index (χ0v) is 13.2. The average molecular weight is 316 g/mol. The molecule has 0 saturated carbocycles. The lowest BCUT2D eigenvalue weighted by molar-refractivity contribution is -0.145. The van der Waals surface area contributed by atoms with E-state index in [9.17, 15) is 9.59 Å². The van der Waals surface area contributed by atoms with E-state index in [1.165, 1.54) is 0 Å². The van der Waals surface area contributed by atoms with Crippen molar-refractivity contribution >= 4 is 16.7 Å². The predicted molar refractivity (Wildman–Crippen MR) is 86.7 cm³/mol. The molecule has 1 aliphatic heterocycles. The van der Waals surface area contributed by atoms with Gasteiger partial charge < -0.3 is 19.4 Å². The minimum atomic E-state index is -0.171. The lowest BCUT2D eigenvalue weighted by atomic mass is 10.1. The molecule has 6 heteroatoms. The van der Waals surface area contributed by atoms with Gasteiger partial charge in [-0.1, -0.05) is 6.07 Å². The first kappa shape index (κ1) is 15.6. The Labute approximate surface area is 134 Å². The number of fused-ring (bicyclic) bond motifs is 1. The quantitative estimate of drug-likeness (QED) is 0.932. The highest BCUT2D eigenvalue weighted by atomic mass is 16.5. The van der Waals surface area contributed by atoms with E-state index in [4.69, 9.17) is 9.47 Å². The SMILES string of the molecule is CC1CN(C(=O)COc2cccc3c(=O)[nH]ccc23)CC(C)O1.